The van der Waals surface area contributed by atoms with E-state index in [1.807, 2.05) is 6.92 Å². The molecule has 9 nitrogen and oxygen atoms in total. The second-order valence-corrected chi connectivity index (χ2v) is 7.48. The Bertz CT molecular complexity index is 562. The van der Waals surface area contributed by atoms with Crippen LogP contribution in [0.25, 0.3) is 0 Å². The van der Waals surface area contributed by atoms with Gasteiger partial charge in [-0.2, -0.15) is 0 Å². The molecule has 0 aromatic heterocycles. The Morgan fingerprint density at radius 1 is 1.32 bits per heavy atom. The van der Waals surface area contributed by atoms with Crippen molar-refractivity contribution in [2.24, 2.45) is 5.92 Å². The molecule has 1 rings (SSSR count). The van der Waals surface area contributed by atoms with Crippen LogP contribution in [0.4, 0.5) is 0 Å². The highest BCUT2D eigenvalue weighted by Gasteiger charge is 2.57. The molecule has 1 heterocycles. The van der Waals surface area contributed by atoms with Crippen LogP contribution in [0.1, 0.15) is 47.0 Å². The summed E-state index contributed by atoms with van der Waals surface area (Å²) < 4.78 is 10.1. The Morgan fingerprint density at radius 3 is 2.39 bits per heavy atom. The molecule has 0 unspecified atom stereocenters. The summed E-state index contributed by atoms with van der Waals surface area (Å²) >= 11 is 0. The molecule has 1 saturated heterocycles. The fourth-order valence-corrected chi connectivity index (χ4v) is 3.08. The summed E-state index contributed by atoms with van der Waals surface area (Å²) in [7, 11) is 0. The number of unbranched alkanes of at least 4 members (excludes halogenated alkanes) is 1. The van der Waals surface area contributed by atoms with Gasteiger partial charge >= 0.3 is 11.9 Å². The maximum Gasteiger partial charge on any atom is 0.330 e. The first kappa shape index (κ1) is 24.5. The van der Waals surface area contributed by atoms with Crippen molar-refractivity contribution in [3.05, 3.63) is 12.2 Å². The van der Waals surface area contributed by atoms with Crippen LogP contribution in [0.5, 0.6) is 0 Å². The van der Waals surface area contributed by atoms with Gasteiger partial charge in [-0.15, -0.1) is 0 Å². The summed E-state index contributed by atoms with van der Waals surface area (Å²) in [6.45, 7) is 5.87. The summed E-state index contributed by atoms with van der Waals surface area (Å²) in [5, 5.41) is 50.7. The summed E-state index contributed by atoms with van der Waals surface area (Å²) in [5.74, 6) is -2.59. The molecular weight excluding hydrogens is 372 g/mol. The number of aliphatic hydroxyl groups excluding tert-OH is 5. The van der Waals surface area contributed by atoms with E-state index in [0.717, 1.165) is 18.9 Å². The molecular formula is C19H32O9. The zero-order valence-electron chi connectivity index (χ0n) is 16.7. The van der Waals surface area contributed by atoms with Crippen LogP contribution in [0.15, 0.2) is 12.2 Å². The molecule has 0 aromatic rings. The van der Waals surface area contributed by atoms with Crippen molar-refractivity contribution in [3.63, 3.8) is 0 Å². The summed E-state index contributed by atoms with van der Waals surface area (Å²) in [6.07, 6.45) is -4.48. The number of aliphatic hydroxyl groups is 5. The number of hydrogen-bond acceptors (Lipinski definition) is 9. The molecule has 5 N–H and O–H groups in total. The molecule has 1 aliphatic heterocycles. The smallest absolute Gasteiger partial charge is 0.330 e. The highest BCUT2D eigenvalue weighted by molar-refractivity contribution is 5.82. The second kappa shape index (κ2) is 10.3. The van der Waals surface area contributed by atoms with Gasteiger partial charge in [-0.1, -0.05) is 19.8 Å². The fraction of sp³-hybridized carbons (Fsp3) is 0.789. The van der Waals surface area contributed by atoms with E-state index in [2.05, 4.69) is 0 Å². The molecule has 1 fully saturated rings. The van der Waals surface area contributed by atoms with E-state index in [-0.39, 0.29) is 0 Å². The first-order valence-corrected chi connectivity index (χ1v) is 9.47. The number of rotatable bonds is 10. The average molecular weight is 404 g/mol. The Kier molecular flexibility index (Phi) is 9.03. The zero-order chi connectivity index (χ0) is 21.6. The van der Waals surface area contributed by atoms with Gasteiger partial charge in [0.05, 0.1) is 18.1 Å². The normalized spacial score (nSPS) is 30.5. The minimum atomic E-state index is -1.85. The van der Waals surface area contributed by atoms with Gasteiger partial charge in [0.2, 0.25) is 0 Å². The van der Waals surface area contributed by atoms with Crippen molar-refractivity contribution in [1.29, 1.82) is 0 Å². The molecule has 28 heavy (non-hydrogen) atoms. The molecule has 0 radical (unpaired) electrons. The van der Waals surface area contributed by atoms with E-state index in [0.29, 0.717) is 6.42 Å². The van der Waals surface area contributed by atoms with Gasteiger partial charge in [-0.3, -0.25) is 4.79 Å². The predicted molar refractivity (Wildman–Crippen MR) is 97.9 cm³/mol. The van der Waals surface area contributed by atoms with Crippen molar-refractivity contribution in [1.82, 2.24) is 0 Å². The molecule has 0 aromatic carbocycles. The lowest BCUT2D eigenvalue weighted by molar-refractivity contribution is -0.201. The highest BCUT2D eigenvalue weighted by atomic mass is 16.6. The first-order chi connectivity index (χ1) is 13.0. The van der Waals surface area contributed by atoms with Crippen molar-refractivity contribution in [3.8, 4) is 0 Å². The molecule has 9 heteroatoms. The molecule has 0 aliphatic carbocycles. The third-order valence-corrected chi connectivity index (χ3v) is 5.04. The average Bonchev–Trinajstić information content (AvgIpc) is 2.84. The molecule has 0 saturated carbocycles. The standard InChI is InChI=1S/C19H32O9/c1-5-6-7-12(21)8-9-13(22)27-15(11(3)20)14(23)17(25)19(4)16(24)10(2)18(26)28-19/h8-12,14-17,20-21,23-25H,5-7H2,1-4H3/b9-8+/t10-,11-,12-,14+,15-,16+,17-,19-/m1/s1. The van der Waals surface area contributed by atoms with Crippen molar-refractivity contribution in [2.75, 3.05) is 0 Å². The van der Waals surface area contributed by atoms with Crippen LogP contribution in [0, 0.1) is 5.92 Å². The fourth-order valence-electron chi connectivity index (χ4n) is 3.08. The largest absolute Gasteiger partial charge is 0.454 e. The van der Waals surface area contributed by atoms with Crippen LogP contribution in [-0.4, -0.2) is 79.7 Å². The van der Waals surface area contributed by atoms with Gasteiger partial charge < -0.3 is 35.0 Å². The second-order valence-electron chi connectivity index (χ2n) is 7.48. The molecule has 0 spiro atoms. The summed E-state index contributed by atoms with van der Waals surface area (Å²) in [4.78, 5) is 23.7. The number of cyclic esters (lactones) is 1. The van der Waals surface area contributed by atoms with E-state index in [1.165, 1.54) is 26.8 Å². The number of carbonyl (C=O) groups is 2. The number of carbonyl (C=O) groups excluding carboxylic acids is 2. The van der Waals surface area contributed by atoms with E-state index in [4.69, 9.17) is 9.47 Å². The molecule has 0 bridgehead atoms. The van der Waals surface area contributed by atoms with Crippen molar-refractivity contribution < 1.29 is 44.6 Å². The molecule has 162 valence electrons. The quantitative estimate of drug-likeness (QED) is 0.238. The van der Waals surface area contributed by atoms with Gasteiger partial charge in [0, 0.05) is 6.08 Å². The molecule has 8 atom stereocenters. The SMILES string of the molecule is CCCC[C@@H](O)/C=C/C(=O)O[C@@H]([C@H](O)[C@@H](O)[C@]1(C)OC(=O)[C@H](C)[C@@H]1O)[C@@H](C)O. The summed E-state index contributed by atoms with van der Waals surface area (Å²) in [6, 6.07) is 0. The monoisotopic (exact) mass is 404 g/mol. The number of esters is 2. The first-order valence-electron chi connectivity index (χ1n) is 9.47. The van der Waals surface area contributed by atoms with Crippen LogP contribution in [0.3, 0.4) is 0 Å². The van der Waals surface area contributed by atoms with Crippen molar-refractivity contribution >= 4 is 11.9 Å². The van der Waals surface area contributed by atoms with Gasteiger partial charge in [0.1, 0.15) is 18.3 Å². The van der Waals surface area contributed by atoms with E-state index in [9.17, 15) is 35.1 Å². The van der Waals surface area contributed by atoms with Crippen LogP contribution < -0.4 is 0 Å². The predicted octanol–water partition coefficient (Wildman–Crippen LogP) is -0.579. The minimum Gasteiger partial charge on any atom is -0.454 e. The Balaban J connectivity index is 2.83. The molecule has 0 amide bonds. The van der Waals surface area contributed by atoms with E-state index in [1.54, 1.807) is 0 Å². The lowest BCUT2D eigenvalue weighted by atomic mass is 9.83. The number of hydrogen-bond donors (Lipinski definition) is 5. The van der Waals surface area contributed by atoms with Gasteiger partial charge in [0.25, 0.3) is 0 Å². The van der Waals surface area contributed by atoms with Crippen molar-refractivity contribution in [2.45, 2.75) is 89.2 Å². The topological polar surface area (TPSA) is 154 Å². The van der Waals surface area contributed by atoms with E-state index < -0.39 is 60.1 Å². The van der Waals surface area contributed by atoms with Crippen LogP contribution >= 0.6 is 0 Å². The Hall–Kier alpha value is -1.52. The lowest BCUT2D eigenvalue weighted by Crippen LogP contribution is -2.58. The highest BCUT2D eigenvalue weighted by Crippen LogP contribution is 2.36. The van der Waals surface area contributed by atoms with Gasteiger partial charge in [0.15, 0.2) is 11.7 Å². The maximum atomic E-state index is 12.0. The lowest BCUT2D eigenvalue weighted by Gasteiger charge is -2.37. The maximum absolute atomic E-state index is 12.0. The Labute approximate surface area is 164 Å². The minimum absolute atomic E-state index is 0.473. The van der Waals surface area contributed by atoms with Gasteiger partial charge in [-0.25, -0.2) is 4.79 Å². The van der Waals surface area contributed by atoms with E-state index >= 15 is 0 Å². The Morgan fingerprint density at radius 2 is 1.93 bits per heavy atom. The van der Waals surface area contributed by atoms with Crippen LogP contribution in [-0.2, 0) is 19.1 Å². The molecule has 1 aliphatic rings. The zero-order valence-corrected chi connectivity index (χ0v) is 16.7. The third-order valence-electron chi connectivity index (χ3n) is 5.04. The number of ether oxygens (including phenoxy) is 2. The third kappa shape index (κ3) is 5.74. The summed E-state index contributed by atoms with van der Waals surface area (Å²) in [5.41, 5.74) is -1.83. The van der Waals surface area contributed by atoms with Gasteiger partial charge in [-0.05, 0) is 33.3 Å². The van der Waals surface area contributed by atoms with Crippen LogP contribution in [0.2, 0.25) is 0 Å².